The molecule has 4 nitrogen and oxygen atoms in total. The number of allylic oxidation sites excluding steroid dienone is 1. The molecule has 1 aromatic rings. The standard InChI is InChI=1S/C11H8F2N2O2/c12-8-5-9(13)7-11(6-8)14-3-1-10(2-4-14)15(16)17/h1-3,5-7H,4H2. The molecule has 1 heterocycles. The van der Waals surface area contributed by atoms with Crippen LogP contribution in [0.2, 0.25) is 0 Å². The summed E-state index contributed by atoms with van der Waals surface area (Å²) in [6.45, 7) is 0.204. The Morgan fingerprint density at radius 1 is 1.24 bits per heavy atom. The second-order valence-electron chi connectivity index (χ2n) is 3.48. The molecule has 0 N–H and O–H groups in total. The van der Waals surface area contributed by atoms with Gasteiger partial charge in [0.1, 0.15) is 11.6 Å². The molecular formula is C11H8F2N2O2. The molecule has 0 spiro atoms. The molecule has 0 saturated heterocycles. The Hall–Kier alpha value is -2.24. The number of hydrogen-bond donors (Lipinski definition) is 0. The van der Waals surface area contributed by atoms with Crippen molar-refractivity contribution in [2.75, 3.05) is 11.4 Å². The van der Waals surface area contributed by atoms with Gasteiger partial charge in [-0.25, -0.2) is 8.78 Å². The Bertz CT molecular complexity index is 506. The number of nitro groups is 1. The first-order valence-corrected chi connectivity index (χ1v) is 4.82. The van der Waals surface area contributed by atoms with Gasteiger partial charge in [0.25, 0.3) is 5.70 Å². The van der Waals surface area contributed by atoms with E-state index < -0.39 is 16.6 Å². The van der Waals surface area contributed by atoms with Crippen molar-refractivity contribution in [2.45, 2.75) is 0 Å². The number of hydrogen-bond acceptors (Lipinski definition) is 3. The van der Waals surface area contributed by atoms with E-state index in [1.807, 2.05) is 0 Å². The van der Waals surface area contributed by atoms with Crippen molar-refractivity contribution in [1.82, 2.24) is 0 Å². The minimum absolute atomic E-state index is 0.0295. The second kappa shape index (κ2) is 4.32. The topological polar surface area (TPSA) is 46.4 Å². The van der Waals surface area contributed by atoms with Crippen molar-refractivity contribution in [3.8, 4) is 0 Å². The third-order valence-electron chi connectivity index (χ3n) is 2.31. The molecule has 0 saturated carbocycles. The number of rotatable bonds is 2. The number of halogens is 2. The Labute approximate surface area is 95.6 Å². The van der Waals surface area contributed by atoms with E-state index in [-0.39, 0.29) is 12.2 Å². The van der Waals surface area contributed by atoms with Gasteiger partial charge in [0.05, 0.1) is 4.92 Å². The highest BCUT2D eigenvalue weighted by molar-refractivity contribution is 5.52. The largest absolute Gasteiger partial charge is 0.343 e. The van der Waals surface area contributed by atoms with E-state index in [1.165, 1.54) is 35.4 Å². The van der Waals surface area contributed by atoms with Gasteiger partial charge >= 0.3 is 0 Å². The van der Waals surface area contributed by atoms with Gasteiger partial charge in [-0.05, 0) is 12.1 Å². The van der Waals surface area contributed by atoms with Crippen LogP contribution in [-0.2, 0) is 0 Å². The first kappa shape index (κ1) is 11.3. The fraction of sp³-hybridized carbons (Fsp3) is 0.0909. The molecule has 0 aromatic heterocycles. The van der Waals surface area contributed by atoms with Gasteiger partial charge < -0.3 is 4.90 Å². The van der Waals surface area contributed by atoms with E-state index in [0.717, 1.165) is 6.07 Å². The fourth-order valence-corrected chi connectivity index (χ4v) is 1.52. The monoisotopic (exact) mass is 238 g/mol. The predicted molar refractivity (Wildman–Crippen MR) is 57.9 cm³/mol. The molecule has 0 aliphatic carbocycles. The lowest BCUT2D eigenvalue weighted by molar-refractivity contribution is -0.419. The van der Waals surface area contributed by atoms with Crippen LogP contribution in [0.3, 0.4) is 0 Å². The molecule has 6 heteroatoms. The molecule has 0 bridgehead atoms. The van der Waals surface area contributed by atoms with Gasteiger partial charge in [0.15, 0.2) is 0 Å². The molecule has 1 aliphatic rings. The third kappa shape index (κ3) is 2.47. The molecule has 1 aromatic carbocycles. The van der Waals surface area contributed by atoms with Crippen molar-refractivity contribution in [3.05, 3.63) is 64.0 Å². The summed E-state index contributed by atoms with van der Waals surface area (Å²) in [5.74, 6) is -1.37. The highest BCUT2D eigenvalue weighted by Gasteiger charge is 2.14. The zero-order valence-electron chi connectivity index (χ0n) is 8.64. The van der Waals surface area contributed by atoms with Crippen LogP contribution in [0, 0.1) is 21.7 Å². The lowest BCUT2D eigenvalue weighted by Gasteiger charge is -2.20. The van der Waals surface area contributed by atoms with Crippen LogP contribution in [0.4, 0.5) is 14.5 Å². The summed E-state index contributed by atoms with van der Waals surface area (Å²) in [7, 11) is 0. The van der Waals surface area contributed by atoms with Crippen molar-refractivity contribution in [2.24, 2.45) is 0 Å². The van der Waals surface area contributed by atoms with Crippen LogP contribution in [0.1, 0.15) is 0 Å². The van der Waals surface area contributed by atoms with Gasteiger partial charge in [-0.15, -0.1) is 0 Å². The first-order chi connectivity index (χ1) is 8.06. The van der Waals surface area contributed by atoms with Crippen LogP contribution in [0.25, 0.3) is 0 Å². The Balaban J connectivity index is 2.22. The SMILES string of the molecule is O=[N+]([O-])C1=CCN(c2cc(F)cc(F)c2)C=C1. The number of nitrogens with zero attached hydrogens (tertiary/aromatic N) is 2. The molecule has 0 atom stereocenters. The van der Waals surface area contributed by atoms with Crippen LogP contribution in [0.15, 0.2) is 42.2 Å². The summed E-state index contributed by atoms with van der Waals surface area (Å²) < 4.78 is 25.9. The van der Waals surface area contributed by atoms with E-state index in [4.69, 9.17) is 0 Å². The van der Waals surface area contributed by atoms with E-state index in [0.29, 0.717) is 5.69 Å². The highest BCUT2D eigenvalue weighted by Crippen LogP contribution is 2.21. The van der Waals surface area contributed by atoms with Crippen molar-refractivity contribution >= 4 is 5.69 Å². The third-order valence-corrected chi connectivity index (χ3v) is 2.31. The molecule has 2 rings (SSSR count). The quantitative estimate of drug-likeness (QED) is 0.587. The zero-order valence-corrected chi connectivity index (χ0v) is 8.64. The Kier molecular flexibility index (Phi) is 2.86. The maximum absolute atomic E-state index is 13.0. The lowest BCUT2D eigenvalue weighted by Crippen LogP contribution is -2.20. The predicted octanol–water partition coefficient (Wildman–Crippen LogP) is 2.46. The van der Waals surface area contributed by atoms with Gasteiger partial charge in [-0.3, -0.25) is 10.1 Å². The molecule has 0 fully saturated rings. The normalized spacial score (nSPS) is 14.7. The second-order valence-corrected chi connectivity index (χ2v) is 3.48. The minimum Gasteiger partial charge on any atom is -0.343 e. The zero-order chi connectivity index (χ0) is 12.4. The van der Waals surface area contributed by atoms with Crippen LogP contribution < -0.4 is 4.90 Å². The molecule has 88 valence electrons. The average molecular weight is 238 g/mol. The summed E-state index contributed by atoms with van der Waals surface area (Å²) in [4.78, 5) is 11.5. The van der Waals surface area contributed by atoms with Gasteiger partial charge in [0, 0.05) is 36.7 Å². The van der Waals surface area contributed by atoms with E-state index >= 15 is 0 Å². The van der Waals surface area contributed by atoms with Gasteiger partial charge in [-0.1, -0.05) is 0 Å². The minimum atomic E-state index is -0.683. The first-order valence-electron chi connectivity index (χ1n) is 4.82. The molecule has 0 unspecified atom stereocenters. The highest BCUT2D eigenvalue weighted by atomic mass is 19.1. The van der Waals surface area contributed by atoms with Gasteiger partial charge in [0.2, 0.25) is 0 Å². The van der Waals surface area contributed by atoms with Crippen molar-refractivity contribution in [1.29, 1.82) is 0 Å². The maximum atomic E-state index is 13.0. The van der Waals surface area contributed by atoms with Crippen LogP contribution >= 0.6 is 0 Å². The lowest BCUT2D eigenvalue weighted by atomic mass is 10.2. The summed E-state index contributed by atoms with van der Waals surface area (Å²) in [6, 6.07) is 3.10. The van der Waals surface area contributed by atoms with Crippen molar-refractivity contribution in [3.63, 3.8) is 0 Å². The van der Waals surface area contributed by atoms with Crippen LogP contribution in [0.5, 0.6) is 0 Å². The Morgan fingerprint density at radius 2 is 1.88 bits per heavy atom. The molecular weight excluding hydrogens is 230 g/mol. The molecule has 0 amide bonds. The summed E-state index contributed by atoms with van der Waals surface area (Å²) in [5.41, 5.74) is 0.288. The summed E-state index contributed by atoms with van der Waals surface area (Å²) >= 11 is 0. The average Bonchev–Trinajstić information content (AvgIpc) is 2.28. The number of benzene rings is 1. The smallest absolute Gasteiger partial charge is 0.268 e. The summed E-state index contributed by atoms with van der Waals surface area (Å²) in [6.07, 6.45) is 4.08. The Morgan fingerprint density at radius 3 is 2.35 bits per heavy atom. The molecule has 17 heavy (non-hydrogen) atoms. The van der Waals surface area contributed by atoms with Gasteiger partial charge in [-0.2, -0.15) is 0 Å². The maximum Gasteiger partial charge on any atom is 0.268 e. The number of anilines is 1. The summed E-state index contributed by atoms with van der Waals surface area (Å²) in [5, 5.41) is 10.5. The van der Waals surface area contributed by atoms with Crippen LogP contribution in [-0.4, -0.2) is 11.5 Å². The fourth-order valence-electron chi connectivity index (χ4n) is 1.52. The molecule has 1 aliphatic heterocycles. The van der Waals surface area contributed by atoms with Crippen molar-refractivity contribution < 1.29 is 13.7 Å². The van der Waals surface area contributed by atoms with E-state index in [1.54, 1.807) is 0 Å². The molecule has 0 radical (unpaired) electrons. The van der Waals surface area contributed by atoms with E-state index in [2.05, 4.69) is 0 Å². The van der Waals surface area contributed by atoms with E-state index in [9.17, 15) is 18.9 Å².